The van der Waals surface area contributed by atoms with Gasteiger partial charge in [-0.15, -0.1) is 0 Å². The van der Waals surface area contributed by atoms with Crippen molar-refractivity contribution in [3.05, 3.63) is 45.7 Å². The number of para-hydroxylation sites is 1. The molecule has 1 heterocycles. The van der Waals surface area contributed by atoms with Crippen LogP contribution in [0.4, 0.5) is 0 Å². The molecule has 18 heavy (non-hydrogen) atoms. The third-order valence-electron chi connectivity index (χ3n) is 3.22. The molecule has 0 bridgehead atoms. The maximum absolute atomic E-state index is 12.4. The highest BCUT2D eigenvalue weighted by molar-refractivity contribution is 5.98. The second-order valence-corrected chi connectivity index (χ2v) is 4.57. The van der Waals surface area contributed by atoms with Crippen molar-refractivity contribution in [2.75, 3.05) is 14.1 Å². The van der Waals surface area contributed by atoms with E-state index in [0.29, 0.717) is 11.1 Å². The normalized spacial score (nSPS) is 10.7. The van der Waals surface area contributed by atoms with Crippen LogP contribution in [0.3, 0.4) is 0 Å². The number of aryl methyl sites for hydroxylation is 1. The Labute approximate surface area is 105 Å². The monoisotopic (exact) mass is 244 g/mol. The lowest BCUT2D eigenvalue weighted by atomic mass is 10.1. The van der Waals surface area contributed by atoms with E-state index in [4.69, 9.17) is 0 Å². The molecule has 0 spiro atoms. The van der Waals surface area contributed by atoms with Gasteiger partial charge in [0.1, 0.15) is 5.56 Å². The van der Waals surface area contributed by atoms with Crippen molar-refractivity contribution >= 4 is 16.8 Å². The van der Waals surface area contributed by atoms with Gasteiger partial charge in [-0.05, 0) is 19.1 Å². The molecule has 0 fully saturated rings. The van der Waals surface area contributed by atoms with Crippen LogP contribution >= 0.6 is 0 Å². The first-order chi connectivity index (χ1) is 8.45. The van der Waals surface area contributed by atoms with Gasteiger partial charge in [-0.25, -0.2) is 0 Å². The zero-order chi connectivity index (χ0) is 13.4. The summed E-state index contributed by atoms with van der Waals surface area (Å²) < 4.78 is 1.88. The molecule has 0 atom stereocenters. The summed E-state index contributed by atoms with van der Waals surface area (Å²) in [5, 5.41) is 0.579. The minimum absolute atomic E-state index is 0.195. The minimum Gasteiger partial charge on any atom is -0.347 e. The number of hydrogen-bond donors (Lipinski definition) is 0. The fourth-order valence-corrected chi connectivity index (χ4v) is 2.08. The van der Waals surface area contributed by atoms with Gasteiger partial charge in [-0.1, -0.05) is 12.1 Å². The zero-order valence-electron chi connectivity index (χ0n) is 11.0. The Morgan fingerprint density at radius 1 is 1.22 bits per heavy atom. The number of hydrogen-bond acceptors (Lipinski definition) is 2. The van der Waals surface area contributed by atoms with Crippen LogP contribution in [0, 0.1) is 6.92 Å². The Hall–Kier alpha value is -2.10. The highest BCUT2D eigenvalue weighted by Crippen LogP contribution is 2.15. The Balaban J connectivity index is 2.92. The van der Waals surface area contributed by atoms with E-state index in [0.717, 1.165) is 5.52 Å². The molecule has 4 nitrogen and oxygen atoms in total. The van der Waals surface area contributed by atoms with E-state index in [1.54, 1.807) is 27.1 Å². The van der Waals surface area contributed by atoms with E-state index in [-0.39, 0.29) is 16.9 Å². The van der Waals surface area contributed by atoms with Crippen molar-refractivity contribution in [1.29, 1.82) is 0 Å². The lowest BCUT2D eigenvalue weighted by molar-refractivity contribution is 0.0825. The summed E-state index contributed by atoms with van der Waals surface area (Å²) in [5.41, 5.74) is 1.59. The van der Waals surface area contributed by atoms with E-state index in [1.807, 2.05) is 29.8 Å². The van der Waals surface area contributed by atoms with Gasteiger partial charge in [0.25, 0.3) is 5.91 Å². The molecule has 2 rings (SSSR count). The van der Waals surface area contributed by atoms with Crippen molar-refractivity contribution in [2.24, 2.45) is 7.05 Å². The third kappa shape index (κ3) is 1.70. The second-order valence-electron chi connectivity index (χ2n) is 4.57. The average molecular weight is 244 g/mol. The molecule has 0 aliphatic carbocycles. The van der Waals surface area contributed by atoms with Crippen LogP contribution in [0.1, 0.15) is 16.1 Å². The van der Waals surface area contributed by atoms with E-state index in [2.05, 4.69) is 0 Å². The molecule has 2 aromatic rings. The molecular weight excluding hydrogens is 228 g/mol. The Kier molecular flexibility index (Phi) is 2.95. The summed E-state index contributed by atoms with van der Waals surface area (Å²) in [5.74, 6) is -0.251. The standard InChI is InChI=1S/C14H16N2O2/c1-9-12(14(18)15(2)3)13(17)10-7-5-6-8-11(10)16(9)4/h5-8H,1-4H3. The predicted octanol–water partition coefficient (Wildman–Crippen LogP) is 1.55. The number of carbonyl (C=O) groups excluding carboxylic acids is 1. The summed E-state index contributed by atoms with van der Waals surface area (Å²) >= 11 is 0. The first kappa shape index (κ1) is 12.4. The van der Waals surface area contributed by atoms with E-state index in [9.17, 15) is 9.59 Å². The Morgan fingerprint density at radius 2 is 1.83 bits per heavy atom. The van der Waals surface area contributed by atoms with Crippen molar-refractivity contribution in [3.8, 4) is 0 Å². The Morgan fingerprint density at radius 3 is 2.44 bits per heavy atom. The average Bonchev–Trinajstić information content (AvgIpc) is 2.36. The summed E-state index contributed by atoms with van der Waals surface area (Å²) in [6, 6.07) is 7.33. The SMILES string of the molecule is Cc1c(C(=O)N(C)C)c(=O)c2ccccc2n1C. The molecule has 4 heteroatoms. The molecule has 0 aliphatic heterocycles. The lowest BCUT2D eigenvalue weighted by Crippen LogP contribution is -2.30. The number of benzene rings is 1. The van der Waals surface area contributed by atoms with Crippen molar-refractivity contribution in [1.82, 2.24) is 9.47 Å². The smallest absolute Gasteiger partial charge is 0.259 e. The van der Waals surface area contributed by atoms with Crippen LogP contribution in [0.15, 0.2) is 29.1 Å². The number of aromatic nitrogens is 1. The van der Waals surface area contributed by atoms with Gasteiger partial charge in [-0.3, -0.25) is 9.59 Å². The number of fused-ring (bicyclic) bond motifs is 1. The van der Waals surface area contributed by atoms with Gasteiger partial charge in [0.15, 0.2) is 0 Å². The molecule has 1 aromatic heterocycles. The van der Waals surface area contributed by atoms with Crippen LogP contribution < -0.4 is 5.43 Å². The van der Waals surface area contributed by atoms with Crippen molar-refractivity contribution in [3.63, 3.8) is 0 Å². The first-order valence-corrected chi connectivity index (χ1v) is 5.75. The molecule has 0 aliphatic rings. The van der Waals surface area contributed by atoms with E-state index >= 15 is 0 Å². The third-order valence-corrected chi connectivity index (χ3v) is 3.22. The molecule has 1 aromatic carbocycles. The summed E-state index contributed by atoms with van der Waals surface area (Å²) in [6.07, 6.45) is 0. The maximum Gasteiger partial charge on any atom is 0.259 e. The highest BCUT2D eigenvalue weighted by atomic mass is 16.2. The number of carbonyl (C=O) groups is 1. The lowest BCUT2D eigenvalue weighted by Gasteiger charge is -2.16. The highest BCUT2D eigenvalue weighted by Gasteiger charge is 2.19. The molecule has 1 amide bonds. The molecule has 0 radical (unpaired) electrons. The molecule has 0 unspecified atom stereocenters. The number of rotatable bonds is 1. The van der Waals surface area contributed by atoms with E-state index < -0.39 is 0 Å². The maximum atomic E-state index is 12.4. The van der Waals surface area contributed by atoms with Gasteiger partial charge < -0.3 is 9.47 Å². The van der Waals surface area contributed by atoms with Crippen molar-refractivity contribution in [2.45, 2.75) is 6.92 Å². The summed E-state index contributed by atoms with van der Waals surface area (Å²) in [4.78, 5) is 25.9. The van der Waals surface area contributed by atoms with Crippen LogP contribution in [-0.4, -0.2) is 29.5 Å². The van der Waals surface area contributed by atoms with Gasteiger partial charge in [0, 0.05) is 32.2 Å². The number of nitrogens with zero attached hydrogens (tertiary/aromatic N) is 2. The Bertz CT molecular complexity index is 684. The van der Waals surface area contributed by atoms with Crippen LogP contribution in [0.25, 0.3) is 10.9 Å². The van der Waals surface area contributed by atoms with Crippen molar-refractivity contribution < 1.29 is 4.79 Å². The molecule has 94 valence electrons. The van der Waals surface area contributed by atoms with Gasteiger partial charge >= 0.3 is 0 Å². The van der Waals surface area contributed by atoms with Crippen LogP contribution in [0.2, 0.25) is 0 Å². The topological polar surface area (TPSA) is 42.3 Å². The minimum atomic E-state index is -0.251. The quantitative estimate of drug-likeness (QED) is 0.763. The van der Waals surface area contributed by atoms with E-state index in [1.165, 1.54) is 4.90 Å². The fourth-order valence-electron chi connectivity index (χ4n) is 2.08. The summed E-state index contributed by atoms with van der Waals surface area (Å²) in [6.45, 7) is 1.80. The largest absolute Gasteiger partial charge is 0.347 e. The first-order valence-electron chi connectivity index (χ1n) is 5.75. The predicted molar refractivity (Wildman–Crippen MR) is 71.9 cm³/mol. The van der Waals surface area contributed by atoms with Gasteiger partial charge in [-0.2, -0.15) is 0 Å². The number of pyridine rings is 1. The van der Waals surface area contributed by atoms with Gasteiger partial charge in [0.05, 0.1) is 5.52 Å². The van der Waals surface area contributed by atoms with Crippen LogP contribution in [-0.2, 0) is 7.05 Å². The summed E-state index contributed by atoms with van der Waals surface area (Å²) in [7, 11) is 5.16. The van der Waals surface area contributed by atoms with Crippen LogP contribution in [0.5, 0.6) is 0 Å². The molecule has 0 saturated heterocycles. The molecule has 0 saturated carbocycles. The zero-order valence-corrected chi connectivity index (χ0v) is 11.0. The van der Waals surface area contributed by atoms with Gasteiger partial charge in [0.2, 0.25) is 5.43 Å². The molecule has 0 N–H and O–H groups in total. The number of amides is 1. The second kappa shape index (κ2) is 4.29. The molecular formula is C14H16N2O2. The fraction of sp³-hybridized carbons (Fsp3) is 0.286.